The Hall–Kier alpha value is -4.01. The molecule has 39 heavy (non-hydrogen) atoms. The topological polar surface area (TPSA) is 143 Å². The Morgan fingerprint density at radius 1 is 1.08 bits per heavy atom. The molecule has 1 saturated heterocycles. The second-order valence-electron chi connectivity index (χ2n) is 8.70. The highest BCUT2D eigenvalue weighted by Crippen LogP contribution is 2.34. The summed E-state index contributed by atoms with van der Waals surface area (Å²) in [6, 6.07) is 11.2. The molecule has 11 nitrogen and oxygen atoms in total. The zero-order valence-electron chi connectivity index (χ0n) is 20.2. The number of benzene rings is 2. The van der Waals surface area contributed by atoms with Crippen molar-refractivity contribution in [2.75, 3.05) is 19.9 Å². The van der Waals surface area contributed by atoms with Gasteiger partial charge in [-0.15, -0.1) is 11.3 Å². The number of halogens is 1. The van der Waals surface area contributed by atoms with Gasteiger partial charge in [0.15, 0.2) is 17.7 Å². The van der Waals surface area contributed by atoms with Gasteiger partial charge in [-0.05, 0) is 47.3 Å². The molecule has 14 heteroatoms. The van der Waals surface area contributed by atoms with E-state index in [1.54, 1.807) is 11.4 Å². The van der Waals surface area contributed by atoms with Gasteiger partial charge in [0.05, 0.1) is 12.5 Å². The number of fused-ring (bicyclic) bond motifs is 1. The van der Waals surface area contributed by atoms with Crippen molar-refractivity contribution >= 4 is 39.1 Å². The molecular weight excluding hydrogens is 553 g/mol. The summed E-state index contributed by atoms with van der Waals surface area (Å²) in [7, 11) is -4.19. The van der Waals surface area contributed by atoms with Crippen molar-refractivity contribution in [3.05, 3.63) is 76.9 Å². The molecule has 0 radical (unpaired) electrons. The van der Waals surface area contributed by atoms with Gasteiger partial charge in [0.1, 0.15) is 10.0 Å². The highest BCUT2D eigenvalue weighted by atomic mass is 32.2. The van der Waals surface area contributed by atoms with Gasteiger partial charge in [-0.25, -0.2) is 12.8 Å². The molecule has 2 aromatic carbocycles. The largest absolute Gasteiger partial charge is 0.481 e. The lowest BCUT2D eigenvalue weighted by Crippen LogP contribution is -2.54. The lowest BCUT2D eigenvalue weighted by Gasteiger charge is -2.30. The maximum Gasteiger partial charge on any atom is 0.305 e. The van der Waals surface area contributed by atoms with Crippen molar-refractivity contribution in [3.63, 3.8) is 0 Å². The Balaban J connectivity index is 1.49. The molecule has 3 heterocycles. The number of sulfonamides is 1. The first-order valence-electron chi connectivity index (χ1n) is 11.7. The molecule has 3 aromatic rings. The highest BCUT2D eigenvalue weighted by molar-refractivity contribution is 7.91. The maximum atomic E-state index is 13.7. The predicted molar refractivity (Wildman–Crippen MR) is 135 cm³/mol. The van der Waals surface area contributed by atoms with Crippen LogP contribution in [0.3, 0.4) is 0 Å². The smallest absolute Gasteiger partial charge is 0.305 e. The fraction of sp³-hybridized carbons (Fsp3) is 0.240. The van der Waals surface area contributed by atoms with Crippen LogP contribution in [-0.4, -0.2) is 66.6 Å². The number of ether oxygens (including phenoxy) is 2. The summed E-state index contributed by atoms with van der Waals surface area (Å²) >= 11 is 0.962. The quantitative estimate of drug-likeness (QED) is 0.417. The Morgan fingerprint density at radius 3 is 2.51 bits per heavy atom. The van der Waals surface area contributed by atoms with E-state index in [9.17, 15) is 32.3 Å². The Labute approximate surface area is 226 Å². The minimum atomic E-state index is -4.19. The molecule has 2 amide bonds. The van der Waals surface area contributed by atoms with Gasteiger partial charge < -0.3 is 24.8 Å². The summed E-state index contributed by atoms with van der Waals surface area (Å²) in [5.74, 6) is -2.55. The first-order valence-corrected chi connectivity index (χ1v) is 14.0. The van der Waals surface area contributed by atoms with Crippen LogP contribution in [0.4, 0.5) is 4.39 Å². The summed E-state index contributed by atoms with van der Waals surface area (Å²) in [4.78, 5) is 40.0. The van der Waals surface area contributed by atoms with Crippen LogP contribution in [0.15, 0.2) is 64.2 Å². The number of carboxylic acids is 1. The molecule has 2 aliphatic heterocycles. The zero-order valence-corrected chi connectivity index (χ0v) is 21.8. The fourth-order valence-corrected chi connectivity index (χ4v) is 7.10. The summed E-state index contributed by atoms with van der Waals surface area (Å²) < 4.78 is 52.0. The second-order valence-corrected chi connectivity index (χ2v) is 11.8. The third kappa shape index (κ3) is 5.30. The van der Waals surface area contributed by atoms with Gasteiger partial charge in [0.25, 0.3) is 21.8 Å². The van der Waals surface area contributed by atoms with Crippen molar-refractivity contribution in [2.24, 2.45) is 0 Å². The van der Waals surface area contributed by atoms with E-state index in [-0.39, 0.29) is 29.7 Å². The molecular formula is C25H22FN3O8S2. The molecule has 2 aliphatic rings. The van der Waals surface area contributed by atoms with E-state index in [0.717, 1.165) is 32.7 Å². The monoisotopic (exact) mass is 575 g/mol. The number of nitrogens with one attached hydrogen (secondary N) is 1. The first-order chi connectivity index (χ1) is 18.6. The SMILES string of the molecule is O=C(O)CC(NC(=O)C1N(C(=O)c2ccc3c(c2)OCO3)CCN1S(=O)(=O)c1cccs1)c1ccc(F)cc1. The predicted octanol–water partition coefficient (Wildman–Crippen LogP) is 2.42. The van der Waals surface area contributed by atoms with Crippen molar-refractivity contribution in [1.29, 1.82) is 0 Å². The van der Waals surface area contributed by atoms with Gasteiger partial charge in [0, 0.05) is 18.7 Å². The van der Waals surface area contributed by atoms with Crippen molar-refractivity contribution < 1.29 is 41.8 Å². The Kier molecular flexibility index (Phi) is 7.25. The number of carbonyl (C=O) groups excluding carboxylic acids is 2. The minimum absolute atomic E-state index is 0.0110. The van der Waals surface area contributed by atoms with Gasteiger partial charge in [-0.3, -0.25) is 14.4 Å². The number of rotatable bonds is 8. The molecule has 2 N–H and O–H groups in total. The average Bonchev–Trinajstić information content (AvgIpc) is 3.68. The molecule has 1 fully saturated rings. The Bertz CT molecular complexity index is 1510. The van der Waals surface area contributed by atoms with E-state index in [1.165, 1.54) is 36.4 Å². The standard InChI is InChI=1S/C25H22FN3O8S2/c26-17-6-3-15(4-7-17)18(13-21(30)31)27-23(32)24-28(9-10-29(24)39(34,35)22-2-1-11-38-22)25(33)16-5-8-19-20(12-16)37-14-36-19/h1-8,11-12,18,24H,9-10,13-14H2,(H,27,32)(H,30,31). The minimum Gasteiger partial charge on any atom is -0.481 e. The van der Waals surface area contributed by atoms with Crippen molar-refractivity contribution in [2.45, 2.75) is 22.8 Å². The third-order valence-corrected chi connectivity index (χ3v) is 9.50. The van der Waals surface area contributed by atoms with Crippen molar-refractivity contribution in [1.82, 2.24) is 14.5 Å². The van der Waals surface area contributed by atoms with Crippen LogP contribution in [-0.2, 0) is 19.6 Å². The number of nitrogens with zero attached hydrogens (tertiary/aromatic N) is 2. The van der Waals surface area contributed by atoms with Crippen LogP contribution in [0.1, 0.15) is 28.4 Å². The van der Waals surface area contributed by atoms with Crippen LogP contribution >= 0.6 is 11.3 Å². The first kappa shape index (κ1) is 26.6. The number of hydrogen-bond acceptors (Lipinski definition) is 8. The summed E-state index contributed by atoms with van der Waals surface area (Å²) in [6.45, 7) is -0.284. The number of carboxylic acid groups (broad SMARTS) is 1. The number of thiophene rings is 1. The zero-order chi connectivity index (χ0) is 27.7. The van der Waals surface area contributed by atoms with Crippen LogP contribution < -0.4 is 14.8 Å². The van der Waals surface area contributed by atoms with E-state index < -0.39 is 52.3 Å². The van der Waals surface area contributed by atoms with E-state index in [4.69, 9.17) is 9.47 Å². The number of hydrogen-bond donors (Lipinski definition) is 2. The van der Waals surface area contributed by atoms with E-state index in [1.807, 2.05) is 0 Å². The van der Waals surface area contributed by atoms with Crippen LogP contribution in [0.25, 0.3) is 0 Å². The van der Waals surface area contributed by atoms with E-state index in [2.05, 4.69) is 5.32 Å². The molecule has 2 atom stereocenters. The van der Waals surface area contributed by atoms with Crippen LogP contribution in [0, 0.1) is 5.82 Å². The average molecular weight is 576 g/mol. The summed E-state index contributed by atoms with van der Waals surface area (Å²) in [6.07, 6.45) is -2.18. The second kappa shape index (κ2) is 10.6. The number of aliphatic carboxylic acids is 1. The lowest BCUT2D eigenvalue weighted by atomic mass is 10.0. The number of amides is 2. The van der Waals surface area contributed by atoms with Gasteiger partial charge in [-0.1, -0.05) is 18.2 Å². The fourth-order valence-electron chi connectivity index (χ4n) is 4.43. The molecule has 0 saturated carbocycles. The normalized spacial score (nSPS) is 17.7. The molecule has 5 rings (SSSR count). The lowest BCUT2D eigenvalue weighted by molar-refractivity contribution is -0.138. The molecule has 204 valence electrons. The Morgan fingerprint density at radius 2 is 1.82 bits per heavy atom. The van der Waals surface area contributed by atoms with Gasteiger partial charge in [0.2, 0.25) is 6.79 Å². The van der Waals surface area contributed by atoms with Gasteiger partial charge in [-0.2, -0.15) is 4.31 Å². The van der Waals surface area contributed by atoms with E-state index in [0.29, 0.717) is 17.1 Å². The molecule has 0 aliphatic carbocycles. The van der Waals surface area contributed by atoms with Crippen molar-refractivity contribution in [3.8, 4) is 11.5 Å². The summed E-state index contributed by atoms with van der Waals surface area (Å²) in [5, 5.41) is 13.6. The molecule has 0 spiro atoms. The maximum absolute atomic E-state index is 13.7. The third-order valence-electron chi connectivity index (χ3n) is 6.27. The van der Waals surface area contributed by atoms with Crippen LogP contribution in [0.5, 0.6) is 11.5 Å². The molecule has 1 aromatic heterocycles. The van der Waals surface area contributed by atoms with Crippen LogP contribution in [0.2, 0.25) is 0 Å². The number of carbonyl (C=O) groups is 3. The van der Waals surface area contributed by atoms with E-state index >= 15 is 0 Å². The van der Waals surface area contributed by atoms with Gasteiger partial charge >= 0.3 is 5.97 Å². The molecule has 0 bridgehead atoms. The summed E-state index contributed by atoms with van der Waals surface area (Å²) in [5.41, 5.74) is 0.444. The molecule has 2 unspecified atom stereocenters. The highest BCUT2D eigenvalue weighted by Gasteiger charge is 2.47.